The summed E-state index contributed by atoms with van der Waals surface area (Å²) >= 11 is 1.72. The van der Waals surface area contributed by atoms with Gasteiger partial charge >= 0.3 is 6.03 Å². The van der Waals surface area contributed by atoms with Crippen molar-refractivity contribution in [3.63, 3.8) is 0 Å². The molecule has 0 aliphatic carbocycles. The molecule has 3 N–H and O–H groups in total. The average Bonchev–Trinajstić information content (AvgIpc) is 2.68. The molecule has 138 valence electrons. The number of carbonyl (C=O) groups is 1. The van der Waals surface area contributed by atoms with E-state index in [0.717, 1.165) is 29.4 Å². The predicted molar refractivity (Wildman–Crippen MR) is 107 cm³/mol. The van der Waals surface area contributed by atoms with Crippen molar-refractivity contribution < 1.29 is 9.53 Å². The molecule has 3 rings (SSSR count). The van der Waals surface area contributed by atoms with Gasteiger partial charge in [-0.3, -0.25) is 0 Å². The number of thioether (sulfide) groups is 1. The molecule has 1 aliphatic heterocycles. The van der Waals surface area contributed by atoms with Crippen LogP contribution in [0.4, 0.5) is 10.5 Å². The van der Waals surface area contributed by atoms with Gasteiger partial charge in [-0.1, -0.05) is 42.0 Å². The monoisotopic (exact) mass is 371 g/mol. The van der Waals surface area contributed by atoms with E-state index in [2.05, 4.69) is 47.1 Å². The summed E-state index contributed by atoms with van der Waals surface area (Å²) < 4.78 is 5.59. The Morgan fingerprint density at radius 1 is 1.23 bits per heavy atom. The Morgan fingerprint density at radius 2 is 2.04 bits per heavy atom. The predicted octanol–water partition coefficient (Wildman–Crippen LogP) is 3.40. The van der Waals surface area contributed by atoms with Crippen LogP contribution in [0.15, 0.2) is 53.4 Å². The first-order valence-corrected chi connectivity index (χ1v) is 9.84. The van der Waals surface area contributed by atoms with Gasteiger partial charge in [-0.15, -0.1) is 11.8 Å². The lowest BCUT2D eigenvalue weighted by Crippen LogP contribution is -2.46. The van der Waals surface area contributed by atoms with Crippen LogP contribution >= 0.6 is 11.8 Å². The molecule has 0 bridgehead atoms. The van der Waals surface area contributed by atoms with Crippen LogP contribution in [0, 0.1) is 6.92 Å². The van der Waals surface area contributed by atoms with Gasteiger partial charge < -0.3 is 20.7 Å². The van der Waals surface area contributed by atoms with Crippen molar-refractivity contribution in [3.05, 3.63) is 59.7 Å². The number of para-hydroxylation sites is 1. The molecule has 1 heterocycles. The molecule has 1 fully saturated rings. The fourth-order valence-electron chi connectivity index (χ4n) is 2.67. The zero-order valence-electron chi connectivity index (χ0n) is 15.0. The third-order valence-electron chi connectivity index (χ3n) is 4.14. The molecule has 1 aliphatic rings. The van der Waals surface area contributed by atoms with Gasteiger partial charge in [-0.25, -0.2) is 4.79 Å². The first kappa shape index (κ1) is 18.8. The number of morpholine rings is 1. The average molecular weight is 372 g/mol. The molecule has 5 nitrogen and oxygen atoms in total. The number of ether oxygens (including phenoxy) is 1. The normalized spacial score (nSPS) is 16.9. The number of carbonyl (C=O) groups excluding carboxylic acids is 1. The van der Waals surface area contributed by atoms with Crippen molar-refractivity contribution in [2.24, 2.45) is 0 Å². The highest BCUT2D eigenvalue weighted by atomic mass is 32.2. The molecular formula is C20H25N3O2S. The van der Waals surface area contributed by atoms with Crippen molar-refractivity contribution in [3.8, 4) is 0 Å². The van der Waals surface area contributed by atoms with Crippen LogP contribution in [0.3, 0.4) is 0 Å². The van der Waals surface area contributed by atoms with Crippen LogP contribution < -0.4 is 16.0 Å². The Balaban J connectivity index is 1.52. The second-order valence-corrected chi connectivity index (χ2v) is 7.32. The lowest BCUT2D eigenvalue weighted by Gasteiger charge is -2.23. The Morgan fingerprint density at radius 3 is 2.81 bits per heavy atom. The molecule has 2 aromatic rings. The molecule has 2 aromatic carbocycles. The van der Waals surface area contributed by atoms with Gasteiger partial charge in [0.25, 0.3) is 0 Å². The van der Waals surface area contributed by atoms with Crippen LogP contribution in [0.2, 0.25) is 0 Å². The second-order valence-electron chi connectivity index (χ2n) is 6.30. The van der Waals surface area contributed by atoms with E-state index < -0.39 is 0 Å². The standard InChI is InChI=1S/C20H25N3O2S/c1-15-6-8-16(9-7-15)14-26-19-5-3-2-4-18(19)23-20(24)22-13-17-12-21-10-11-25-17/h2-9,17,21H,10-14H2,1H3,(H2,22,23,24)/t17-/m0/s1. The third-order valence-corrected chi connectivity index (χ3v) is 5.29. The largest absolute Gasteiger partial charge is 0.374 e. The summed E-state index contributed by atoms with van der Waals surface area (Å²) in [6.07, 6.45) is 0.0284. The van der Waals surface area contributed by atoms with Crippen LogP contribution in [0.1, 0.15) is 11.1 Å². The number of anilines is 1. The van der Waals surface area contributed by atoms with Gasteiger partial charge in [0.15, 0.2) is 0 Å². The van der Waals surface area contributed by atoms with E-state index >= 15 is 0 Å². The van der Waals surface area contributed by atoms with E-state index in [-0.39, 0.29) is 12.1 Å². The fourth-order valence-corrected chi connectivity index (χ4v) is 3.63. The SMILES string of the molecule is Cc1ccc(CSc2ccccc2NC(=O)NC[C@@H]2CNCCO2)cc1. The number of rotatable bonds is 6. The topological polar surface area (TPSA) is 62.4 Å². The molecule has 26 heavy (non-hydrogen) atoms. The van der Waals surface area contributed by atoms with Crippen LogP contribution in [0.5, 0.6) is 0 Å². The molecule has 2 amide bonds. The quantitative estimate of drug-likeness (QED) is 0.681. The number of hydrogen-bond donors (Lipinski definition) is 3. The van der Waals surface area contributed by atoms with Gasteiger partial charge in [0.05, 0.1) is 18.4 Å². The van der Waals surface area contributed by atoms with Gasteiger partial charge in [0, 0.05) is 30.3 Å². The Kier molecular flexibility index (Phi) is 6.94. The van der Waals surface area contributed by atoms with Crippen molar-refractivity contribution in [2.75, 3.05) is 31.6 Å². The van der Waals surface area contributed by atoms with E-state index in [9.17, 15) is 4.79 Å². The summed E-state index contributed by atoms with van der Waals surface area (Å²) in [5, 5.41) is 9.09. The highest BCUT2D eigenvalue weighted by molar-refractivity contribution is 7.98. The molecule has 0 spiro atoms. The molecular weight excluding hydrogens is 346 g/mol. The lowest BCUT2D eigenvalue weighted by atomic mass is 10.2. The van der Waals surface area contributed by atoms with Crippen molar-refractivity contribution in [1.29, 1.82) is 0 Å². The first-order valence-electron chi connectivity index (χ1n) is 8.85. The van der Waals surface area contributed by atoms with Crippen LogP contribution in [0.25, 0.3) is 0 Å². The maximum atomic E-state index is 12.2. The van der Waals surface area contributed by atoms with Crippen LogP contribution in [-0.2, 0) is 10.5 Å². The maximum absolute atomic E-state index is 12.2. The van der Waals surface area contributed by atoms with Crippen molar-refractivity contribution in [2.45, 2.75) is 23.7 Å². The molecule has 0 aromatic heterocycles. The van der Waals surface area contributed by atoms with E-state index in [4.69, 9.17) is 4.74 Å². The Hall–Kier alpha value is -2.02. The summed E-state index contributed by atoms with van der Waals surface area (Å²) in [5.74, 6) is 0.863. The van der Waals surface area contributed by atoms with Gasteiger partial charge in [-0.05, 0) is 24.6 Å². The van der Waals surface area contributed by atoms with E-state index in [0.29, 0.717) is 13.2 Å². The minimum absolute atomic E-state index is 0.0284. The highest BCUT2D eigenvalue weighted by Gasteiger charge is 2.14. The second kappa shape index (κ2) is 9.62. The molecule has 0 unspecified atom stereocenters. The van der Waals surface area contributed by atoms with Crippen LogP contribution in [-0.4, -0.2) is 38.4 Å². The maximum Gasteiger partial charge on any atom is 0.319 e. The van der Waals surface area contributed by atoms with E-state index in [1.807, 2.05) is 24.3 Å². The zero-order valence-corrected chi connectivity index (χ0v) is 15.8. The minimum Gasteiger partial charge on any atom is -0.374 e. The smallest absolute Gasteiger partial charge is 0.319 e. The molecule has 0 radical (unpaired) electrons. The van der Waals surface area contributed by atoms with Gasteiger partial charge in [0.1, 0.15) is 0 Å². The fraction of sp³-hybridized carbons (Fsp3) is 0.350. The minimum atomic E-state index is -0.206. The van der Waals surface area contributed by atoms with Gasteiger partial charge in [-0.2, -0.15) is 0 Å². The number of aryl methyl sites for hydroxylation is 1. The zero-order chi connectivity index (χ0) is 18.2. The summed E-state index contributed by atoms with van der Waals surface area (Å²) in [6, 6.07) is 16.2. The van der Waals surface area contributed by atoms with Gasteiger partial charge in [0.2, 0.25) is 0 Å². The Labute approximate surface area is 158 Å². The molecule has 6 heteroatoms. The summed E-state index contributed by atoms with van der Waals surface area (Å²) in [7, 11) is 0. The van der Waals surface area contributed by atoms with E-state index in [1.54, 1.807) is 11.8 Å². The molecule has 1 saturated heterocycles. The number of benzene rings is 2. The summed E-state index contributed by atoms with van der Waals surface area (Å²) in [4.78, 5) is 13.3. The molecule has 0 saturated carbocycles. The number of urea groups is 1. The van der Waals surface area contributed by atoms with Crippen molar-refractivity contribution >= 4 is 23.5 Å². The number of nitrogens with one attached hydrogen (secondary N) is 3. The first-order chi connectivity index (χ1) is 12.7. The number of amides is 2. The van der Waals surface area contributed by atoms with Crippen molar-refractivity contribution in [1.82, 2.24) is 10.6 Å². The summed E-state index contributed by atoms with van der Waals surface area (Å²) in [6.45, 7) is 4.91. The lowest BCUT2D eigenvalue weighted by molar-refractivity contribution is 0.0310. The summed E-state index contributed by atoms with van der Waals surface area (Å²) in [5.41, 5.74) is 3.35. The third kappa shape index (κ3) is 5.76. The molecule has 1 atom stereocenters. The van der Waals surface area contributed by atoms with E-state index in [1.165, 1.54) is 11.1 Å². The highest BCUT2D eigenvalue weighted by Crippen LogP contribution is 2.29. The number of hydrogen-bond acceptors (Lipinski definition) is 4. The Bertz CT molecular complexity index is 715.